The smallest absolute Gasteiger partial charge is 0.357 e. The van der Waals surface area contributed by atoms with Crippen molar-refractivity contribution in [1.82, 2.24) is 14.9 Å². The maximum atomic E-state index is 12.7. The Hall–Kier alpha value is -1.08. The number of nitrogens with one attached hydrogen (secondary N) is 2. The summed E-state index contributed by atoms with van der Waals surface area (Å²) >= 11 is 0. The zero-order valence-electron chi connectivity index (χ0n) is 18.1. The second kappa shape index (κ2) is 12.2. The van der Waals surface area contributed by atoms with Gasteiger partial charge >= 0.3 is 15.5 Å². The first-order valence-electron chi connectivity index (χ1n) is 10.2. The summed E-state index contributed by atoms with van der Waals surface area (Å²) < 4.78 is 61.6. The summed E-state index contributed by atoms with van der Waals surface area (Å²) in [4.78, 5) is 4.62. The number of aliphatic imine (C=N–C) groups is 1. The molecule has 178 valence electrons. The highest BCUT2D eigenvalue weighted by atomic mass is 127. The average molecular weight is 576 g/mol. The number of hydrogen-bond acceptors (Lipinski definition) is 3. The van der Waals surface area contributed by atoms with Crippen LogP contribution in [-0.2, 0) is 10.0 Å². The number of sulfonamides is 1. The molecule has 31 heavy (non-hydrogen) atoms. The van der Waals surface area contributed by atoms with Crippen LogP contribution >= 0.6 is 24.0 Å². The fourth-order valence-electron chi connectivity index (χ4n) is 3.31. The second-order valence-electron chi connectivity index (χ2n) is 7.71. The Morgan fingerprint density at radius 1 is 1.19 bits per heavy atom. The number of rotatable bonds is 7. The van der Waals surface area contributed by atoms with E-state index in [4.69, 9.17) is 0 Å². The Kier molecular flexibility index (Phi) is 11.0. The third-order valence-electron chi connectivity index (χ3n) is 5.28. The molecule has 2 rings (SSSR count). The Labute approximate surface area is 200 Å². The number of nitrogens with zero attached hydrogens (tertiary/aromatic N) is 2. The lowest BCUT2D eigenvalue weighted by Gasteiger charge is -2.31. The van der Waals surface area contributed by atoms with Crippen LogP contribution in [0.5, 0.6) is 0 Å². The number of alkyl halides is 3. The summed E-state index contributed by atoms with van der Waals surface area (Å²) in [6.45, 7) is 7.69. The van der Waals surface area contributed by atoms with Gasteiger partial charge in [0.2, 0.25) is 0 Å². The minimum atomic E-state index is -5.24. The number of piperidine rings is 1. The molecule has 0 amide bonds. The number of halogens is 4. The van der Waals surface area contributed by atoms with E-state index in [0.29, 0.717) is 42.7 Å². The van der Waals surface area contributed by atoms with E-state index in [-0.39, 0.29) is 48.9 Å². The van der Waals surface area contributed by atoms with Gasteiger partial charge in [-0.15, -0.1) is 24.0 Å². The summed E-state index contributed by atoms with van der Waals surface area (Å²) in [7, 11) is -5.23. The van der Waals surface area contributed by atoms with E-state index in [1.165, 1.54) is 11.1 Å². The van der Waals surface area contributed by atoms with E-state index in [2.05, 4.69) is 46.8 Å². The van der Waals surface area contributed by atoms with Crippen molar-refractivity contribution in [3.05, 3.63) is 35.4 Å². The summed E-state index contributed by atoms with van der Waals surface area (Å²) in [5.41, 5.74) is -2.83. The molecule has 0 aliphatic carbocycles. The molecule has 0 radical (unpaired) electrons. The Balaban J connectivity index is 0.00000480. The highest BCUT2D eigenvalue weighted by molar-refractivity contribution is 14.0. The van der Waals surface area contributed by atoms with Gasteiger partial charge < -0.3 is 10.6 Å². The van der Waals surface area contributed by atoms with Gasteiger partial charge in [0.05, 0.1) is 0 Å². The van der Waals surface area contributed by atoms with Crippen LogP contribution in [0.3, 0.4) is 0 Å². The standard InChI is InChI=1S/C20H31F3N4O2S.HI/c1-4-24-19(25-13-16(3)18-7-5-15(2)6-8-18)26-14-17-9-11-27(12-10-17)30(28,29)20(21,22)23;/h5-8,16-17H,4,9-14H2,1-3H3,(H2,24,25,26);1H. The normalized spacial score (nSPS) is 17.7. The minimum Gasteiger partial charge on any atom is -0.357 e. The highest BCUT2D eigenvalue weighted by Gasteiger charge is 2.50. The van der Waals surface area contributed by atoms with Gasteiger partial charge in [0.15, 0.2) is 5.96 Å². The van der Waals surface area contributed by atoms with E-state index in [1.807, 2.05) is 13.8 Å². The lowest BCUT2D eigenvalue weighted by molar-refractivity contribution is -0.0496. The van der Waals surface area contributed by atoms with Crippen molar-refractivity contribution in [2.75, 3.05) is 32.7 Å². The third kappa shape index (κ3) is 8.08. The number of hydrogen-bond donors (Lipinski definition) is 2. The molecular weight excluding hydrogens is 544 g/mol. The minimum absolute atomic E-state index is 0. The van der Waals surface area contributed by atoms with E-state index < -0.39 is 15.5 Å². The van der Waals surface area contributed by atoms with Gasteiger partial charge in [0.1, 0.15) is 0 Å². The van der Waals surface area contributed by atoms with Crippen molar-refractivity contribution in [3.63, 3.8) is 0 Å². The SMILES string of the molecule is CCNC(=NCC(C)c1ccc(C)cc1)NCC1CCN(S(=O)(=O)C(F)(F)F)CC1.I. The van der Waals surface area contributed by atoms with Gasteiger partial charge in [-0.3, -0.25) is 4.99 Å². The molecule has 0 saturated carbocycles. The quantitative estimate of drug-likeness (QED) is 0.294. The molecule has 0 aromatic heterocycles. The molecule has 6 nitrogen and oxygen atoms in total. The zero-order valence-corrected chi connectivity index (χ0v) is 21.2. The van der Waals surface area contributed by atoms with Crippen LogP contribution in [0.4, 0.5) is 13.2 Å². The monoisotopic (exact) mass is 576 g/mol. The highest BCUT2D eigenvalue weighted by Crippen LogP contribution is 2.30. The van der Waals surface area contributed by atoms with Crippen LogP contribution in [0, 0.1) is 12.8 Å². The average Bonchev–Trinajstić information content (AvgIpc) is 2.70. The maximum absolute atomic E-state index is 12.7. The van der Waals surface area contributed by atoms with Gasteiger partial charge in [0.25, 0.3) is 0 Å². The fourth-order valence-corrected chi connectivity index (χ4v) is 4.30. The van der Waals surface area contributed by atoms with Crippen LogP contribution in [0.2, 0.25) is 0 Å². The molecule has 1 aliphatic rings. The first-order valence-corrected chi connectivity index (χ1v) is 11.6. The van der Waals surface area contributed by atoms with E-state index in [1.54, 1.807) is 0 Å². The Morgan fingerprint density at radius 2 is 1.77 bits per heavy atom. The molecular formula is C20H32F3IN4O2S. The van der Waals surface area contributed by atoms with Crippen LogP contribution < -0.4 is 10.6 Å². The number of benzene rings is 1. The van der Waals surface area contributed by atoms with Gasteiger partial charge in [-0.25, -0.2) is 8.42 Å². The third-order valence-corrected chi connectivity index (χ3v) is 6.91. The summed E-state index contributed by atoms with van der Waals surface area (Å²) in [5, 5.41) is 6.41. The van der Waals surface area contributed by atoms with Gasteiger partial charge in [-0.2, -0.15) is 17.5 Å². The molecule has 1 aliphatic heterocycles. The predicted octanol–water partition coefficient (Wildman–Crippen LogP) is 3.83. The molecule has 1 heterocycles. The largest absolute Gasteiger partial charge is 0.511 e. The van der Waals surface area contributed by atoms with Crippen LogP contribution in [0.15, 0.2) is 29.3 Å². The number of guanidine groups is 1. The molecule has 1 aromatic carbocycles. The van der Waals surface area contributed by atoms with Crippen LogP contribution in [-0.4, -0.2) is 56.9 Å². The van der Waals surface area contributed by atoms with Gasteiger partial charge in [0, 0.05) is 38.6 Å². The molecule has 2 N–H and O–H groups in total. The van der Waals surface area contributed by atoms with Crippen LogP contribution in [0.25, 0.3) is 0 Å². The lowest BCUT2D eigenvalue weighted by Crippen LogP contribution is -2.47. The van der Waals surface area contributed by atoms with E-state index in [9.17, 15) is 21.6 Å². The summed E-state index contributed by atoms with van der Waals surface area (Å²) in [6, 6.07) is 8.34. The fraction of sp³-hybridized carbons (Fsp3) is 0.650. The zero-order chi connectivity index (χ0) is 22.4. The predicted molar refractivity (Wildman–Crippen MR) is 128 cm³/mol. The molecule has 11 heteroatoms. The molecule has 0 bridgehead atoms. The van der Waals surface area contributed by atoms with Crippen molar-refractivity contribution >= 4 is 40.0 Å². The molecule has 1 saturated heterocycles. The molecule has 1 atom stereocenters. The van der Waals surface area contributed by atoms with Crippen molar-refractivity contribution in [2.45, 2.75) is 45.0 Å². The van der Waals surface area contributed by atoms with Crippen molar-refractivity contribution < 1.29 is 21.6 Å². The first-order chi connectivity index (χ1) is 14.0. The topological polar surface area (TPSA) is 73.8 Å². The van der Waals surface area contributed by atoms with Crippen molar-refractivity contribution in [2.24, 2.45) is 10.9 Å². The maximum Gasteiger partial charge on any atom is 0.511 e. The lowest BCUT2D eigenvalue weighted by atomic mass is 9.98. The summed E-state index contributed by atoms with van der Waals surface area (Å²) in [5.74, 6) is 0.988. The first kappa shape index (κ1) is 28.0. The Bertz CT molecular complexity index is 809. The van der Waals surface area contributed by atoms with E-state index >= 15 is 0 Å². The Morgan fingerprint density at radius 3 is 2.29 bits per heavy atom. The van der Waals surface area contributed by atoms with Crippen molar-refractivity contribution in [3.8, 4) is 0 Å². The van der Waals surface area contributed by atoms with Crippen LogP contribution in [0.1, 0.15) is 43.7 Å². The molecule has 1 aromatic rings. The van der Waals surface area contributed by atoms with Gasteiger partial charge in [-0.05, 0) is 38.2 Å². The second-order valence-corrected chi connectivity index (χ2v) is 9.63. The molecule has 1 unspecified atom stereocenters. The van der Waals surface area contributed by atoms with Crippen molar-refractivity contribution in [1.29, 1.82) is 0 Å². The van der Waals surface area contributed by atoms with Gasteiger partial charge in [-0.1, -0.05) is 36.8 Å². The molecule has 0 spiro atoms. The number of aryl methyl sites for hydroxylation is 1. The summed E-state index contributed by atoms with van der Waals surface area (Å²) in [6.07, 6.45) is 0.753. The molecule has 1 fully saturated rings. The van der Waals surface area contributed by atoms with E-state index in [0.717, 1.165) is 0 Å².